The Labute approximate surface area is 125 Å². The first-order chi connectivity index (χ1) is 10.0. The van der Waals surface area contributed by atoms with Crippen LogP contribution in [-0.4, -0.2) is 59.6 Å². The van der Waals surface area contributed by atoms with E-state index in [4.69, 9.17) is 4.98 Å². The Morgan fingerprint density at radius 1 is 1.05 bits per heavy atom. The monoisotopic (exact) mass is 292 g/mol. The molecule has 6 heteroatoms. The number of nitrogens with zero attached hydrogens (tertiary/aromatic N) is 4. The fourth-order valence-corrected chi connectivity index (χ4v) is 3.24. The van der Waals surface area contributed by atoms with Crippen molar-refractivity contribution in [2.24, 2.45) is 0 Å². The number of aliphatic hydroxyl groups is 2. The minimum atomic E-state index is -0.495. The summed E-state index contributed by atoms with van der Waals surface area (Å²) < 4.78 is 0. The van der Waals surface area contributed by atoms with Gasteiger partial charge in [0.2, 0.25) is 5.95 Å². The summed E-state index contributed by atoms with van der Waals surface area (Å²) in [6.07, 6.45) is 3.76. The van der Waals surface area contributed by atoms with Crippen LogP contribution < -0.4 is 9.80 Å². The summed E-state index contributed by atoms with van der Waals surface area (Å²) in [5, 5.41) is 19.9. The van der Waals surface area contributed by atoms with E-state index in [1.165, 1.54) is 12.0 Å². The first kappa shape index (κ1) is 14.5. The van der Waals surface area contributed by atoms with E-state index in [9.17, 15) is 10.2 Å². The van der Waals surface area contributed by atoms with Crippen molar-refractivity contribution in [3.8, 4) is 0 Å². The molecule has 6 nitrogen and oxygen atoms in total. The third-order valence-corrected chi connectivity index (χ3v) is 4.26. The number of anilines is 2. The zero-order valence-electron chi connectivity index (χ0n) is 12.8. The zero-order chi connectivity index (χ0) is 15.0. The Morgan fingerprint density at radius 2 is 1.71 bits per heavy atom. The molecule has 0 spiro atoms. The van der Waals surface area contributed by atoms with Gasteiger partial charge in [0.15, 0.2) is 0 Å². The molecule has 1 saturated heterocycles. The Kier molecular flexibility index (Phi) is 3.99. The lowest BCUT2D eigenvalue weighted by atomic mass is 9.95. The van der Waals surface area contributed by atoms with Gasteiger partial charge in [0.1, 0.15) is 5.82 Å². The predicted molar refractivity (Wildman–Crippen MR) is 81.8 cm³/mol. The van der Waals surface area contributed by atoms with Crippen molar-refractivity contribution in [1.29, 1.82) is 0 Å². The van der Waals surface area contributed by atoms with Crippen molar-refractivity contribution in [3.05, 3.63) is 11.3 Å². The molecule has 116 valence electrons. The highest BCUT2D eigenvalue weighted by molar-refractivity contribution is 5.54. The topological polar surface area (TPSA) is 72.7 Å². The molecule has 2 heterocycles. The molecular weight excluding hydrogens is 268 g/mol. The number of aryl methyl sites for hydroxylation is 1. The van der Waals surface area contributed by atoms with E-state index in [0.29, 0.717) is 25.5 Å². The molecule has 1 aliphatic carbocycles. The van der Waals surface area contributed by atoms with Gasteiger partial charge in [-0.3, -0.25) is 0 Å². The Hall–Kier alpha value is -1.40. The van der Waals surface area contributed by atoms with Gasteiger partial charge in [-0.1, -0.05) is 0 Å². The molecule has 2 N–H and O–H groups in total. The van der Waals surface area contributed by atoms with Crippen LogP contribution in [0.2, 0.25) is 0 Å². The van der Waals surface area contributed by atoms with Crippen LogP contribution in [0.1, 0.15) is 30.5 Å². The van der Waals surface area contributed by atoms with Gasteiger partial charge >= 0.3 is 0 Å². The third-order valence-electron chi connectivity index (χ3n) is 4.26. The van der Waals surface area contributed by atoms with E-state index in [0.717, 1.165) is 30.8 Å². The molecular formula is C15H24N4O2. The van der Waals surface area contributed by atoms with E-state index in [1.54, 1.807) is 0 Å². The lowest BCUT2D eigenvalue weighted by molar-refractivity contribution is 0.0647. The quantitative estimate of drug-likeness (QED) is 0.820. The largest absolute Gasteiger partial charge is 0.391 e. The van der Waals surface area contributed by atoms with Crippen molar-refractivity contribution in [1.82, 2.24) is 9.97 Å². The van der Waals surface area contributed by atoms with Gasteiger partial charge < -0.3 is 20.0 Å². The minimum absolute atomic E-state index is 0.449. The van der Waals surface area contributed by atoms with Crippen LogP contribution in [0.25, 0.3) is 0 Å². The first-order valence-electron chi connectivity index (χ1n) is 7.73. The SMILES string of the molecule is CN(C)c1nc2c(c(N3C[C@H](O)C[C@@H](O)C3)n1)CCCC2. The number of fused-ring (bicyclic) bond motifs is 1. The van der Waals surface area contributed by atoms with Crippen LogP contribution in [0.3, 0.4) is 0 Å². The van der Waals surface area contributed by atoms with Gasteiger partial charge in [0.25, 0.3) is 0 Å². The van der Waals surface area contributed by atoms with Crippen molar-refractivity contribution in [2.45, 2.75) is 44.3 Å². The number of rotatable bonds is 2. The summed E-state index contributed by atoms with van der Waals surface area (Å²) in [5.74, 6) is 1.61. The van der Waals surface area contributed by atoms with Crippen LogP contribution in [0, 0.1) is 0 Å². The van der Waals surface area contributed by atoms with Crippen LogP contribution >= 0.6 is 0 Å². The Morgan fingerprint density at radius 3 is 2.38 bits per heavy atom. The zero-order valence-corrected chi connectivity index (χ0v) is 12.8. The Balaban J connectivity index is 2.01. The van der Waals surface area contributed by atoms with E-state index in [2.05, 4.69) is 4.98 Å². The second-order valence-electron chi connectivity index (χ2n) is 6.32. The summed E-state index contributed by atoms with van der Waals surface area (Å²) in [6, 6.07) is 0. The second kappa shape index (κ2) is 5.77. The maximum Gasteiger partial charge on any atom is 0.227 e. The molecule has 21 heavy (non-hydrogen) atoms. The molecule has 2 aliphatic rings. The van der Waals surface area contributed by atoms with Crippen LogP contribution in [-0.2, 0) is 12.8 Å². The fraction of sp³-hybridized carbons (Fsp3) is 0.733. The summed E-state index contributed by atoms with van der Waals surface area (Å²) in [4.78, 5) is 13.3. The molecule has 3 rings (SSSR count). The van der Waals surface area contributed by atoms with Crippen molar-refractivity contribution in [3.63, 3.8) is 0 Å². The lowest BCUT2D eigenvalue weighted by Crippen LogP contribution is -2.46. The van der Waals surface area contributed by atoms with Crippen LogP contribution in [0.4, 0.5) is 11.8 Å². The van der Waals surface area contributed by atoms with Gasteiger partial charge in [-0.2, -0.15) is 4.98 Å². The molecule has 1 aliphatic heterocycles. The highest BCUT2D eigenvalue weighted by Crippen LogP contribution is 2.31. The normalized spacial score (nSPS) is 25.6. The minimum Gasteiger partial charge on any atom is -0.391 e. The smallest absolute Gasteiger partial charge is 0.227 e. The van der Waals surface area contributed by atoms with Crippen LogP contribution in [0.15, 0.2) is 0 Å². The molecule has 0 aromatic carbocycles. The maximum atomic E-state index is 9.94. The van der Waals surface area contributed by atoms with E-state index < -0.39 is 12.2 Å². The van der Waals surface area contributed by atoms with Crippen molar-refractivity contribution in [2.75, 3.05) is 37.0 Å². The lowest BCUT2D eigenvalue weighted by Gasteiger charge is -2.36. The average Bonchev–Trinajstić information content (AvgIpc) is 2.45. The first-order valence-corrected chi connectivity index (χ1v) is 7.73. The number of aliphatic hydroxyl groups excluding tert-OH is 2. The van der Waals surface area contributed by atoms with Gasteiger partial charge in [-0.25, -0.2) is 4.98 Å². The number of hydrogen-bond donors (Lipinski definition) is 2. The summed E-state index contributed by atoms with van der Waals surface area (Å²) in [6.45, 7) is 1.07. The molecule has 1 aromatic heterocycles. The van der Waals surface area contributed by atoms with Gasteiger partial charge in [0.05, 0.1) is 17.9 Å². The number of β-amino-alcohol motifs (C(OH)–C–C–N with tert-alkyl or cyclic N) is 2. The Bertz CT molecular complexity index is 511. The van der Waals surface area contributed by atoms with Gasteiger partial charge in [-0.05, 0) is 25.7 Å². The maximum absolute atomic E-state index is 9.94. The van der Waals surface area contributed by atoms with Crippen molar-refractivity contribution < 1.29 is 10.2 Å². The highest BCUT2D eigenvalue weighted by atomic mass is 16.3. The number of aromatic nitrogens is 2. The summed E-state index contributed by atoms with van der Waals surface area (Å²) in [5.41, 5.74) is 2.33. The standard InChI is InChI=1S/C15H24N4O2/c1-18(2)15-16-13-6-4-3-5-12(13)14(17-15)19-8-10(20)7-11(21)9-19/h10-11,20-21H,3-9H2,1-2H3/t10-,11-/m1/s1. The van der Waals surface area contributed by atoms with Crippen molar-refractivity contribution >= 4 is 11.8 Å². The summed E-state index contributed by atoms with van der Waals surface area (Å²) >= 11 is 0. The number of piperidine rings is 1. The summed E-state index contributed by atoms with van der Waals surface area (Å²) in [7, 11) is 3.88. The van der Waals surface area contributed by atoms with Gasteiger partial charge in [-0.15, -0.1) is 0 Å². The van der Waals surface area contributed by atoms with E-state index in [1.807, 2.05) is 23.9 Å². The molecule has 0 amide bonds. The molecule has 0 unspecified atom stereocenters. The molecule has 2 atom stereocenters. The average molecular weight is 292 g/mol. The fourth-order valence-electron chi connectivity index (χ4n) is 3.24. The van der Waals surface area contributed by atoms with E-state index in [-0.39, 0.29) is 0 Å². The molecule has 1 aromatic rings. The second-order valence-corrected chi connectivity index (χ2v) is 6.32. The molecule has 1 fully saturated rings. The highest BCUT2D eigenvalue weighted by Gasteiger charge is 2.29. The van der Waals surface area contributed by atoms with Crippen LogP contribution in [0.5, 0.6) is 0 Å². The molecule has 0 bridgehead atoms. The number of hydrogen-bond acceptors (Lipinski definition) is 6. The van der Waals surface area contributed by atoms with Gasteiger partial charge in [0, 0.05) is 39.2 Å². The third kappa shape index (κ3) is 2.96. The predicted octanol–water partition coefficient (Wildman–Crippen LogP) is 0.353. The molecule has 0 radical (unpaired) electrons. The van der Waals surface area contributed by atoms with E-state index >= 15 is 0 Å². The molecule has 0 saturated carbocycles.